The van der Waals surface area contributed by atoms with Crippen molar-refractivity contribution < 1.29 is 23.0 Å². The van der Waals surface area contributed by atoms with Crippen molar-refractivity contribution in [1.82, 2.24) is 4.72 Å². The number of halogens is 2. The van der Waals surface area contributed by atoms with Crippen LogP contribution in [-0.2, 0) is 52.2 Å². The molecule has 5 rings (SSSR count). The molecular formula is C24H25F2NO3S. The average Bonchev–Trinajstić information content (AvgIpc) is 3.51. The summed E-state index contributed by atoms with van der Waals surface area (Å²) in [6.07, 6.45) is 5.20. The Morgan fingerprint density at radius 1 is 1.03 bits per heavy atom. The number of hydrogen-bond acceptors (Lipinski definition) is 4. The molecule has 1 aliphatic heterocycles. The molecule has 4 nitrogen and oxygen atoms in total. The maximum Gasteiger partial charge on any atom is 0.234 e. The molecule has 31 heavy (non-hydrogen) atoms. The van der Waals surface area contributed by atoms with Crippen molar-refractivity contribution in [1.29, 1.82) is 0 Å². The zero-order valence-corrected chi connectivity index (χ0v) is 18.3. The van der Waals surface area contributed by atoms with Crippen LogP contribution in [0.5, 0.6) is 0 Å². The van der Waals surface area contributed by atoms with Crippen LogP contribution in [0.15, 0.2) is 23.1 Å². The van der Waals surface area contributed by atoms with E-state index in [1.165, 1.54) is 6.07 Å². The fraction of sp³-hybridized carbons (Fsp3) is 0.458. The molecule has 0 aromatic heterocycles. The van der Waals surface area contributed by atoms with E-state index < -0.39 is 11.6 Å². The van der Waals surface area contributed by atoms with Crippen LogP contribution in [0.2, 0.25) is 0 Å². The van der Waals surface area contributed by atoms with Crippen LogP contribution < -0.4 is 4.72 Å². The van der Waals surface area contributed by atoms with Gasteiger partial charge in [-0.3, -0.25) is 9.52 Å². The summed E-state index contributed by atoms with van der Waals surface area (Å²) in [5, 5.41) is 0. The van der Waals surface area contributed by atoms with Gasteiger partial charge in [0.15, 0.2) is 5.79 Å². The second kappa shape index (κ2) is 8.19. The molecule has 1 amide bonds. The SMILES string of the molecule is CC1(c2ccc(F)c(SNC(=O)Cc3c4c(c(F)c5c3CCC5)CCC4)c2)OCCO1. The number of carbonyl (C=O) groups is 1. The van der Waals surface area contributed by atoms with Gasteiger partial charge in [-0.15, -0.1) is 0 Å². The average molecular weight is 446 g/mol. The second-order valence-corrected chi connectivity index (χ2v) is 9.35. The van der Waals surface area contributed by atoms with E-state index in [-0.39, 0.29) is 18.1 Å². The zero-order valence-electron chi connectivity index (χ0n) is 17.5. The van der Waals surface area contributed by atoms with Gasteiger partial charge < -0.3 is 9.47 Å². The van der Waals surface area contributed by atoms with E-state index in [0.29, 0.717) is 23.7 Å². The number of ether oxygens (including phenoxy) is 2. The van der Waals surface area contributed by atoms with E-state index in [2.05, 4.69) is 4.72 Å². The molecule has 0 atom stereocenters. The summed E-state index contributed by atoms with van der Waals surface area (Å²) < 4.78 is 43.3. The lowest BCUT2D eigenvalue weighted by atomic mass is 9.91. The summed E-state index contributed by atoms with van der Waals surface area (Å²) in [5.74, 6) is -1.56. The minimum absolute atomic E-state index is 0.0396. The quantitative estimate of drug-likeness (QED) is 0.687. The minimum atomic E-state index is -0.901. The second-order valence-electron chi connectivity index (χ2n) is 8.51. The van der Waals surface area contributed by atoms with Crippen molar-refractivity contribution in [2.75, 3.05) is 13.2 Å². The van der Waals surface area contributed by atoms with Crippen molar-refractivity contribution in [3.63, 3.8) is 0 Å². The molecule has 0 radical (unpaired) electrons. The Kier molecular flexibility index (Phi) is 5.52. The van der Waals surface area contributed by atoms with Crippen LogP contribution in [0.3, 0.4) is 0 Å². The number of benzene rings is 2. The monoisotopic (exact) mass is 445 g/mol. The Hall–Kier alpha value is -1.96. The number of fused-ring (bicyclic) bond motifs is 2. The van der Waals surface area contributed by atoms with Gasteiger partial charge in [-0.25, -0.2) is 8.78 Å². The van der Waals surface area contributed by atoms with E-state index in [1.54, 1.807) is 19.1 Å². The molecule has 0 bridgehead atoms. The lowest BCUT2D eigenvalue weighted by Gasteiger charge is -2.23. The van der Waals surface area contributed by atoms with Gasteiger partial charge in [0.1, 0.15) is 11.6 Å². The fourth-order valence-electron chi connectivity index (χ4n) is 5.07. The smallest absolute Gasteiger partial charge is 0.234 e. The summed E-state index contributed by atoms with van der Waals surface area (Å²) in [6, 6.07) is 4.65. The van der Waals surface area contributed by atoms with E-state index in [4.69, 9.17) is 9.47 Å². The minimum Gasteiger partial charge on any atom is -0.344 e. The van der Waals surface area contributed by atoms with Gasteiger partial charge in [0.2, 0.25) is 5.91 Å². The van der Waals surface area contributed by atoms with Crippen LogP contribution in [-0.4, -0.2) is 19.1 Å². The normalized spacial score (nSPS) is 18.8. The first kappa shape index (κ1) is 20.9. The first-order valence-corrected chi connectivity index (χ1v) is 11.7. The van der Waals surface area contributed by atoms with Gasteiger partial charge in [0.25, 0.3) is 0 Å². The predicted molar refractivity (Wildman–Crippen MR) is 114 cm³/mol. The lowest BCUT2D eigenvalue weighted by molar-refractivity contribution is -0.149. The summed E-state index contributed by atoms with van der Waals surface area (Å²) in [6.45, 7) is 2.77. The Bertz CT molecular complexity index is 1010. The Morgan fingerprint density at radius 3 is 2.29 bits per heavy atom. The molecule has 1 N–H and O–H groups in total. The number of hydrogen-bond donors (Lipinski definition) is 1. The van der Waals surface area contributed by atoms with E-state index in [0.717, 1.165) is 78.3 Å². The van der Waals surface area contributed by atoms with Crippen molar-refractivity contribution in [2.24, 2.45) is 0 Å². The summed E-state index contributed by atoms with van der Waals surface area (Å²) in [5.41, 5.74) is 5.36. The maximum absolute atomic E-state index is 14.8. The van der Waals surface area contributed by atoms with Gasteiger partial charge in [-0.2, -0.15) is 0 Å². The van der Waals surface area contributed by atoms with Crippen LogP contribution >= 0.6 is 11.9 Å². The molecule has 2 aromatic rings. The molecule has 1 fully saturated rings. The first-order valence-electron chi connectivity index (χ1n) is 10.8. The topological polar surface area (TPSA) is 47.6 Å². The van der Waals surface area contributed by atoms with Gasteiger partial charge >= 0.3 is 0 Å². The zero-order chi connectivity index (χ0) is 21.6. The van der Waals surface area contributed by atoms with Gasteiger partial charge in [-0.1, -0.05) is 6.07 Å². The van der Waals surface area contributed by atoms with Crippen molar-refractivity contribution >= 4 is 17.9 Å². The van der Waals surface area contributed by atoms with Crippen LogP contribution in [0.1, 0.15) is 53.1 Å². The Balaban J connectivity index is 1.33. The van der Waals surface area contributed by atoms with E-state index in [9.17, 15) is 13.6 Å². The summed E-state index contributed by atoms with van der Waals surface area (Å²) >= 11 is 0.956. The molecule has 1 saturated heterocycles. The Morgan fingerprint density at radius 2 is 1.65 bits per heavy atom. The highest BCUT2D eigenvalue weighted by Crippen LogP contribution is 2.38. The molecule has 0 spiro atoms. The van der Waals surface area contributed by atoms with Crippen molar-refractivity contribution in [3.8, 4) is 0 Å². The molecule has 1 heterocycles. The molecule has 0 unspecified atom stereocenters. The van der Waals surface area contributed by atoms with Gasteiger partial charge in [-0.05, 0) is 97.3 Å². The van der Waals surface area contributed by atoms with E-state index >= 15 is 0 Å². The van der Waals surface area contributed by atoms with E-state index in [1.807, 2.05) is 0 Å². The fourth-order valence-corrected chi connectivity index (χ4v) is 5.72. The largest absolute Gasteiger partial charge is 0.344 e. The summed E-state index contributed by atoms with van der Waals surface area (Å²) in [7, 11) is 0. The number of amides is 1. The number of carbonyl (C=O) groups excluding carboxylic acids is 1. The van der Waals surface area contributed by atoms with Gasteiger partial charge in [0, 0.05) is 5.56 Å². The maximum atomic E-state index is 14.8. The molecule has 2 aromatic carbocycles. The van der Waals surface area contributed by atoms with Gasteiger partial charge in [0.05, 0.1) is 24.5 Å². The molecule has 3 aliphatic rings. The Labute approximate surface area is 184 Å². The number of nitrogens with one attached hydrogen (secondary N) is 1. The number of rotatable bonds is 5. The molecular weight excluding hydrogens is 420 g/mol. The molecule has 0 saturated carbocycles. The standard InChI is InChI=1S/C24H25F2NO3S/c1-24(29-10-11-30-24)14-8-9-20(25)21(12-14)31-27-22(28)13-19-15-4-2-6-17(15)23(26)18-7-3-5-16(18)19/h8-9,12H,2-7,10-11,13H2,1H3,(H,27,28). The highest BCUT2D eigenvalue weighted by atomic mass is 32.2. The highest BCUT2D eigenvalue weighted by Gasteiger charge is 2.34. The third-order valence-electron chi connectivity index (χ3n) is 6.60. The molecule has 7 heteroatoms. The first-order chi connectivity index (χ1) is 15.0. The summed E-state index contributed by atoms with van der Waals surface area (Å²) in [4.78, 5) is 13.1. The van der Waals surface area contributed by atoms with Crippen molar-refractivity contribution in [3.05, 3.63) is 63.2 Å². The molecule has 164 valence electrons. The third-order valence-corrected chi connectivity index (χ3v) is 7.46. The van der Waals surface area contributed by atoms with Crippen LogP contribution in [0.4, 0.5) is 8.78 Å². The predicted octanol–water partition coefficient (Wildman–Crippen LogP) is 4.53. The third kappa shape index (κ3) is 3.77. The van der Waals surface area contributed by atoms with Crippen LogP contribution in [0.25, 0.3) is 0 Å². The van der Waals surface area contributed by atoms with Crippen molar-refractivity contribution in [2.45, 2.75) is 62.6 Å². The molecule has 2 aliphatic carbocycles. The highest BCUT2D eigenvalue weighted by molar-refractivity contribution is 7.98. The van der Waals surface area contributed by atoms with Crippen LogP contribution in [0, 0.1) is 11.6 Å². The lowest BCUT2D eigenvalue weighted by Crippen LogP contribution is -2.23.